The summed E-state index contributed by atoms with van der Waals surface area (Å²) < 4.78 is 4.92. The van der Waals surface area contributed by atoms with E-state index >= 15 is 0 Å². The maximum absolute atomic E-state index is 11.1. The molecule has 1 rings (SSSR count). The summed E-state index contributed by atoms with van der Waals surface area (Å²) in [5.41, 5.74) is 5.28. The largest absolute Gasteiger partial charge is 0.383 e. The first-order valence-corrected chi connectivity index (χ1v) is 4.71. The average Bonchev–Trinajstić information content (AvgIpc) is 2.86. The summed E-state index contributed by atoms with van der Waals surface area (Å²) >= 11 is 0. The Labute approximate surface area is 79.0 Å². The van der Waals surface area contributed by atoms with Gasteiger partial charge in [0, 0.05) is 19.7 Å². The predicted molar refractivity (Wildman–Crippen MR) is 50.4 cm³/mol. The van der Waals surface area contributed by atoms with Crippen LogP contribution in [0.2, 0.25) is 0 Å². The van der Waals surface area contributed by atoms with Gasteiger partial charge in [0.25, 0.3) is 0 Å². The second-order valence-corrected chi connectivity index (χ2v) is 3.60. The van der Waals surface area contributed by atoms with E-state index in [2.05, 4.69) is 6.92 Å². The van der Waals surface area contributed by atoms with E-state index in [0.29, 0.717) is 19.1 Å². The van der Waals surface area contributed by atoms with E-state index in [-0.39, 0.29) is 12.1 Å². The number of carbonyl (C=O) groups is 1. The van der Waals surface area contributed by atoms with Gasteiger partial charge in [0.2, 0.25) is 0 Å². The molecule has 0 aliphatic heterocycles. The molecular formula is C9H18N2O2. The molecular weight excluding hydrogens is 168 g/mol. The minimum atomic E-state index is -0.337. The number of ether oxygens (including phenoxy) is 1. The Hall–Kier alpha value is -0.770. The maximum atomic E-state index is 11.1. The van der Waals surface area contributed by atoms with Crippen molar-refractivity contribution in [2.45, 2.75) is 25.8 Å². The molecule has 76 valence electrons. The molecule has 0 spiro atoms. The van der Waals surface area contributed by atoms with E-state index < -0.39 is 0 Å². The molecule has 13 heavy (non-hydrogen) atoms. The third kappa shape index (κ3) is 2.88. The lowest BCUT2D eigenvalue weighted by Gasteiger charge is -2.27. The topological polar surface area (TPSA) is 55.6 Å². The van der Waals surface area contributed by atoms with Crippen molar-refractivity contribution in [1.82, 2.24) is 4.90 Å². The van der Waals surface area contributed by atoms with Crippen LogP contribution < -0.4 is 5.73 Å². The number of nitrogens with zero attached hydrogens (tertiary/aromatic N) is 1. The molecule has 2 N–H and O–H groups in total. The van der Waals surface area contributed by atoms with Crippen LogP contribution in [-0.4, -0.2) is 37.2 Å². The monoisotopic (exact) mass is 186 g/mol. The minimum absolute atomic E-state index is 0.271. The fourth-order valence-corrected chi connectivity index (χ4v) is 1.54. The SMILES string of the molecule is COCCN(C(N)=O)C(C)C1CC1. The quantitative estimate of drug-likeness (QED) is 0.690. The molecule has 1 aliphatic rings. The van der Waals surface area contributed by atoms with Crippen LogP contribution in [-0.2, 0) is 4.74 Å². The first kappa shape index (κ1) is 10.3. The highest BCUT2D eigenvalue weighted by molar-refractivity contribution is 5.72. The van der Waals surface area contributed by atoms with Crippen LogP contribution in [0.3, 0.4) is 0 Å². The zero-order valence-electron chi connectivity index (χ0n) is 8.32. The molecule has 2 amide bonds. The maximum Gasteiger partial charge on any atom is 0.315 e. The van der Waals surface area contributed by atoms with Gasteiger partial charge in [-0.2, -0.15) is 0 Å². The van der Waals surface area contributed by atoms with Crippen molar-refractivity contribution in [3.05, 3.63) is 0 Å². The lowest BCUT2D eigenvalue weighted by atomic mass is 10.2. The second kappa shape index (κ2) is 4.46. The standard InChI is InChI=1S/C9H18N2O2/c1-7(8-3-4-8)11(9(10)12)5-6-13-2/h7-8H,3-6H2,1-2H3,(H2,10,12). The zero-order chi connectivity index (χ0) is 9.84. The smallest absolute Gasteiger partial charge is 0.315 e. The van der Waals surface area contributed by atoms with Gasteiger partial charge in [-0.3, -0.25) is 0 Å². The fourth-order valence-electron chi connectivity index (χ4n) is 1.54. The number of nitrogens with two attached hydrogens (primary N) is 1. The first-order valence-electron chi connectivity index (χ1n) is 4.71. The van der Waals surface area contributed by atoms with Gasteiger partial charge in [0.1, 0.15) is 0 Å². The molecule has 0 aromatic rings. The molecule has 0 radical (unpaired) electrons. The summed E-state index contributed by atoms with van der Waals surface area (Å²) in [5.74, 6) is 0.657. The lowest BCUT2D eigenvalue weighted by Crippen LogP contribution is -2.44. The van der Waals surface area contributed by atoms with Crippen LogP contribution in [0.1, 0.15) is 19.8 Å². The fraction of sp³-hybridized carbons (Fsp3) is 0.889. The molecule has 0 bridgehead atoms. The number of urea groups is 1. The molecule has 0 heterocycles. The van der Waals surface area contributed by atoms with Crippen molar-refractivity contribution in [1.29, 1.82) is 0 Å². The Morgan fingerprint density at radius 3 is 2.69 bits per heavy atom. The molecule has 4 nitrogen and oxygen atoms in total. The number of hydrogen-bond donors (Lipinski definition) is 1. The summed E-state index contributed by atoms with van der Waals surface area (Å²) in [6.07, 6.45) is 2.44. The van der Waals surface area contributed by atoms with Crippen molar-refractivity contribution in [3.63, 3.8) is 0 Å². The molecule has 0 aromatic heterocycles. The van der Waals surface area contributed by atoms with Crippen LogP contribution in [0.25, 0.3) is 0 Å². The summed E-state index contributed by atoms with van der Waals surface area (Å²) in [5, 5.41) is 0. The van der Waals surface area contributed by atoms with Gasteiger partial charge in [-0.15, -0.1) is 0 Å². The van der Waals surface area contributed by atoms with Crippen LogP contribution >= 0.6 is 0 Å². The normalized spacial score (nSPS) is 18.3. The number of rotatable bonds is 5. The van der Waals surface area contributed by atoms with Crippen LogP contribution in [0.15, 0.2) is 0 Å². The number of amides is 2. The molecule has 1 saturated carbocycles. The number of methoxy groups -OCH3 is 1. The minimum Gasteiger partial charge on any atom is -0.383 e. The van der Waals surface area contributed by atoms with Crippen LogP contribution in [0, 0.1) is 5.92 Å². The summed E-state index contributed by atoms with van der Waals surface area (Å²) in [6, 6.07) is -0.0656. The third-order valence-electron chi connectivity index (χ3n) is 2.62. The third-order valence-corrected chi connectivity index (χ3v) is 2.62. The summed E-state index contributed by atoms with van der Waals surface area (Å²) in [7, 11) is 1.63. The van der Waals surface area contributed by atoms with Gasteiger partial charge in [-0.25, -0.2) is 4.79 Å². The van der Waals surface area contributed by atoms with Crippen molar-refractivity contribution in [2.75, 3.05) is 20.3 Å². The van der Waals surface area contributed by atoms with E-state index in [4.69, 9.17) is 10.5 Å². The molecule has 1 atom stereocenters. The Kier molecular flexibility index (Phi) is 3.54. The molecule has 0 saturated heterocycles. The summed E-state index contributed by atoms with van der Waals surface area (Å²) in [6.45, 7) is 3.21. The van der Waals surface area contributed by atoms with E-state index in [1.807, 2.05) is 0 Å². The first-order chi connectivity index (χ1) is 6.16. The Bertz CT molecular complexity index is 180. The zero-order valence-corrected chi connectivity index (χ0v) is 8.32. The highest BCUT2D eigenvalue weighted by Crippen LogP contribution is 2.34. The Balaban J connectivity index is 2.40. The van der Waals surface area contributed by atoms with E-state index in [0.717, 1.165) is 0 Å². The van der Waals surface area contributed by atoms with Gasteiger partial charge < -0.3 is 15.4 Å². The second-order valence-electron chi connectivity index (χ2n) is 3.60. The Morgan fingerprint density at radius 1 is 1.69 bits per heavy atom. The molecule has 1 aliphatic carbocycles. The van der Waals surface area contributed by atoms with Crippen molar-refractivity contribution in [2.24, 2.45) is 11.7 Å². The van der Waals surface area contributed by atoms with Crippen LogP contribution in [0.5, 0.6) is 0 Å². The van der Waals surface area contributed by atoms with Gasteiger partial charge in [0.15, 0.2) is 0 Å². The predicted octanol–water partition coefficient (Wildman–Crippen LogP) is 0.812. The van der Waals surface area contributed by atoms with Crippen molar-refractivity contribution < 1.29 is 9.53 Å². The molecule has 1 unspecified atom stereocenters. The highest BCUT2D eigenvalue weighted by Gasteiger charge is 2.33. The van der Waals surface area contributed by atoms with E-state index in [1.54, 1.807) is 12.0 Å². The lowest BCUT2D eigenvalue weighted by molar-refractivity contribution is 0.132. The van der Waals surface area contributed by atoms with Gasteiger partial charge >= 0.3 is 6.03 Å². The number of carbonyl (C=O) groups excluding carboxylic acids is 1. The number of hydrogen-bond acceptors (Lipinski definition) is 2. The van der Waals surface area contributed by atoms with Crippen LogP contribution in [0.4, 0.5) is 4.79 Å². The highest BCUT2D eigenvalue weighted by atomic mass is 16.5. The van der Waals surface area contributed by atoms with Crippen molar-refractivity contribution in [3.8, 4) is 0 Å². The number of primary amides is 1. The van der Waals surface area contributed by atoms with Gasteiger partial charge in [0.05, 0.1) is 6.61 Å². The summed E-state index contributed by atoms with van der Waals surface area (Å²) in [4.78, 5) is 12.8. The average molecular weight is 186 g/mol. The molecule has 1 fully saturated rings. The Morgan fingerprint density at radius 2 is 2.31 bits per heavy atom. The molecule has 4 heteroatoms. The van der Waals surface area contributed by atoms with Gasteiger partial charge in [-0.05, 0) is 25.7 Å². The van der Waals surface area contributed by atoms with Gasteiger partial charge in [-0.1, -0.05) is 0 Å². The van der Waals surface area contributed by atoms with Crippen molar-refractivity contribution >= 4 is 6.03 Å². The van der Waals surface area contributed by atoms with E-state index in [1.165, 1.54) is 12.8 Å². The molecule has 0 aromatic carbocycles. The van der Waals surface area contributed by atoms with E-state index in [9.17, 15) is 4.79 Å².